The first-order valence-electron chi connectivity index (χ1n) is 8.53. The summed E-state index contributed by atoms with van der Waals surface area (Å²) in [5, 5.41) is 0. The molecule has 3 heterocycles. The van der Waals surface area contributed by atoms with Crippen molar-refractivity contribution in [2.24, 2.45) is 14.1 Å². The van der Waals surface area contributed by atoms with Crippen LogP contribution >= 0.6 is 0 Å². The Balaban J connectivity index is 0.00000112. The molecule has 0 amide bonds. The molecule has 0 atom stereocenters. The Kier molecular flexibility index (Phi) is 8.90. The van der Waals surface area contributed by atoms with E-state index in [2.05, 4.69) is 21.3 Å². The topological polar surface area (TPSA) is 48.5 Å². The quantitative estimate of drug-likeness (QED) is 0.228. The maximum atomic E-state index is 4.86. The second-order valence-corrected chi connectivity index (χ2v) is 6.37. The average Bonchev–Trinajstić information content (AvgIpc) is 3.20. The number of hydrogen-bond acceptors (Lipinski definition) is 3. The number of fused-ring (bicyclic) bond motifs is 2. The second kappa shape index (κ2) is 10.3. The molecule has 1 radical (unpaired) electrons. The van der Waals surface area contributed by atoms with Crippen LogP contribution in [-0.4, -0.2) is 24.1 Å². The van der Waals surface area contributed by atoms with Crippen LogP contribution < -0.4 is 37.2 Å². The second-order valence-electron chi connectivity index (χ2n) is 6.37. The fraction of sp³-hybridized carbons (Fsp3) is 0.0952. The monoisotopic (exact) mass is 500 g/mol. The van der Waals surface area contributed by atoms with Gasteiger partial charge in [0.25, 0.3) is 0 Å². The molecule has 0 bridgehead atoms. The van der Waals surface area contributed by atoms with Crippen molar-refractivity contribution in [3.8, 4) is 23.0 Å². The maximum Gasteiger partial charge on any atom is 3.00 e. The van der Waals surface area contributed by atoms with E-state index in [0.717, 1.165) is 45.1 Å². The summed E-state index contributed by atoms with van der Waals surface area (Å²) >= 11 is 0. The Morgan fingerprint density at radius 2 is 0.933 bits per heavy atom. The van der Waals surface area contributed by atoms with Gasteiger partial charge in [-0.3, -0.25) is 0 Å². The summed E-state index contributed by atoms with van der Waals surface area (Å²) in [4.78, 5) is 14.4. The summed E-state index contributed by atoms with van der Waals surface area (Å²) in [6.45, 7) is 0. The zero-order valence-corrected chi connectivity index (χ0v) is 19.4. The molecule has 5 rings (SSSR count). The summed E-state index contributed by atoms with van der Waals surface area (Å²) in [7, 11) is 4.04. The van der Waals surface area contributed by atoms with Crippen molar-refractivity contribution in [1.82, 2.24) is 24.1 Å². The molecule has 30 heavy (non-hydrogen) atoms. The summed E-state index contributed by atoms with van der Waals surface area (Å²) < 4.78 is 4.16. The van der Waals surface area contributed by atoms with Crippen molar-refractivity contribution in [3.05, 3.63) is 66.7 Å². The summed E-state index contributed by atoms with van der Waals surface area (Å²) in [5.74, 6) is 1.71. The number of nitrogens with zero attached hydrogens (tertiary/aromatic N) is 5. The normalized spacial score (nSPS) is 9.93. The van der Waals surface area contributed by atoms with Gasteiger partial charge < -0.3 is 46.4 Å². The fourth-order valence-corrected chi connectivity index (χ4v) is 3.43. The number of aromatic nitrogens is 5. The van der Waals surface area contributed by atoms with Gasteiger partial charge in [0.2, 0.25) is 0 Å². The van der Waals surface area contributed by atoms with E-state index >= 15 is 0 Å². The van der Waals surface area contributed by atoms with E-state index in [1.807, 2.05) is 68.7 Å². The Morgan fingerprint density at radius 1 is 0.533 bits per heavy atom. The third kappa shape index (κ3) is 4.20. The average molecular weight is 502 g/mol. The molecule has 0 unspecified atom stereocenters. The molecule has 0 aliphatic carbocycles. The zero-order chi connectivity index (χ0) is 17.7. The molecule has 0 saturated heterocycles. The number of aryl methyl sites for hydroxylation is 2. The number of para-hydroxylation sites is 4. The van der Waals surface area contributed by atoms with Gasteiger partial charge in [0.15, 0.2) is 11.6 Å². The first-order valence-corrected chi connectivity index (χ1v) is 8.53. The molecule has 5 aromatic rings. The molecule has 0 spiro atoms. The predicted molar refractivity (Wildman–Crippen MR) is 104 cm³/mol. The van der Waals surface area contributed by atoms with Gasteiger partial charge in [-0.25, -0.2) is 15.0 Å². The van der Waals surface area contributed by atoms with E-state index in [1.165, 1.54) is 0 Å². The summed E-state index contributed by atoms with van der Waals surface area (Å²) in [6.07, 6.45) is 0. The first-order chi connectivity index (χ1) is 12.7. The maximum absolute atomic E-state index is 4.86. The molecule has 2 aromatic carbocycles. The van der Waals surface area contributed by atoms with Gasteiger partial charge in [0.1, 0.15) is 11.4 Å². The molecule has 0 fully saturated rings. The van der Waals surface area contributed by atoms with Crippen molar-refractivity contribution in [3.63, 3.8) is 0 Å². The number of halogens is 3. The fourth-order valence-electron chi connectivity index (χ4n) is 3.43. The van der Waals surface area contributed by atoms with E-state index in [1.54, 1.807) is 0 Å². The molecule has 0 aliphatic heterocycles. The van der Waals surface area contributed by atoms with Gasteiger partial charge in [-0.15, -0.1) is 0 Å². The minimum atomic E-state index is 0. The Labute approximate surface area is 203 Å². The van der Waals surface area contributed by atoms with Crippen LogP contribution in [0.5, 0.6) is 0 Å². The van der Waals surface area contributed by atoms with Crippen LogP contribution in [0.3, 0.4) is 0 Å². The third-order valence-electron chi connectivity index (χ3n) is 4.78. The number of imidazole rings is 2. The van der Waals surface area contributed by atoms with Crippen LogP contribution in [0.4, 0.5) is 0 Å². The van der Waals surface area contributed by atoms with Gasteiger partial charge in [-0.2, -0.15) is 0 Å². The molecular weight excluding hydrogens is 484 g/mol. The van der Waals surface area contributed by atoms with Crippen LogP contribution in [0, 0.1) is 0 Å². The van der Waals surface area contributed by atoms with Crippen molar-refractivity contribution < 1.29 is 54.3 Å². The zero-order valence-electron chi connectivity index (χ0n) is 16.1. The standard InChI is InChI=1S/C21H17N5.3ClH.Fe/c1-25-18-12-5-3-8-14(18)23-20(25)16-10-7-11-17(22-16)21-24-15-9-4-6-13-19(15)26(21)2;;;;/h3-13H,1-2H3;3*1H;/q;;;;+3/p-3. The van der Waals surface area contributed by atoms with E-state index in [9.17, 15) is 0 Å². The summed E-state index contributed by atoms with van der Waals surface area (Å²) in [5.41, 5.74) is 5.82. The van der Waals surface area contributed by atoms with Gasteiger partial charge in [0.05, 0.1) is 22.1 Å². The van der Waals surface area contributed by atoms with E-state index in [-0.39, 0.29) is 54.3 Å². The molecule has 0 saturated carbocycles. The Hall–Kier alpha value is -2.08. The number of hydrogen-bond donors (Lipinski definition) is 0. The number of rotatable bonds is 2. The van der Waals surface area contributed by atoms with E-state index in [0.29, 0.717) is 0 Å². The van der Waals surface area contributed by atoms with Crippen molar-refractivity contribution in [2.45, 2.75) is 0 Å². The molecule has 9 heteroatoms. The SMILES string of the molecule is Cn1c(-c2cccc(-c3nc4ccccc4n3C)n2)nc2ccccc21.[Cl-].[Cl-].[Cl-].[Fe+3]. The van der Waals surface area contributed by atoms with Gasteiger partial charge in [-0.05, 0) is 36.4 Å². The van der Waals surface area contributed by atoms with Crippen LogP contribution in [0.25, 0.3) is 45.1 Å². The van der Waals surface area contributed by atoms with Gasteiger partial charge in [0, 0.05) is 14.1 Å². The van der Waals surface area contributed by atoms with E-state index in [4.69, 9.17) is 15.0 Å². The van der Waals surface area contributed by atoms with Crippen LogP contribution in [0.15, 0.2) is 66.7 Å². The Morgan fingerprint density at radius 3 is 1.33 bits per heavy atom. The first kappa shape index (κ1) is 26.0. The van der Waals surface area contributed by atoms with Crippen LogP contribution in [0.1, 0.15) is 0 Å². The molecule has 3 aromatic heterocycles. The van der Waals surface area contributed by atoms with Crippen LogP contribution in [-0.2, 0) is 31.2 Å². The predicted octanol–water partition coefficient (Wildman–Crippen LogP) is -4.80. The molecule has 0 aliphatic rings. The van der Waals surface area contributed by atoms with Gasteiger partial charge in [-0.1, -0.05) is 30.3 Å². The van der Waals surface area contributed by atoms with Crippen molar-refractivity contribution >= 4 is 22.1 Å². The minimum absolute atomic E-state index is 0. The molecule has 0 N–H and O–H groups in total. The number of pyridine rings is 1. The minimum Gasteiger partial charge on any atom is -1.00 e. The third-order valence-corrected chi connectivity index (χ3v) is 4.78. The Bertz CT molecular complexity index is 1190. The number of benzene rings is 2. The summed E-state index contributed by atoms with van der Waals surface area (Å²) in [6, 6.07) is 22.2. The molecular formula is C21H17Cl3FeN5. The smallest absolute Gasteiger partial charge is 1.00 e. The van der Waals surface area contributed by atoms with Crippen molar-refractivity contribution in [1.29, 1.82) is 0 Å². The largest absolute Gasteiger partial charge is 3.00 e. The molecule has 155 valence electrons. The van der Waals surface area contributed by atoms with Crippen LogP contribution in [0.2, 0.25) is 0 Å². The van der Waals surface area contributed by atoms with Gasteiger partial charge >= 0.3 is 17.1 Å². The van der Waals surface area contributed by atoms with E-state index < -0.39 is 0 Å². The molecule has 5 nitrogen and oxygen atoms in total. The van der Waals surface area contributed by atoms with Crippen molar-refractivity contribution in [2.75, 3.05) is 0 Å².